The number of hydrogen-bond donors (Lipinski definition) is 1. The van der Waals surface area contributed by atoms with Gasteiger partial charge in [-0.15, -0.1) is 0 Å². The second-order valence-corrected chi connectivity index (χ2v) is 2.01. The van der Waals surface area contributed by atoms with Crippen molar-refractivity contribution in [3.63, 3.8) is 0 Å². The Kier molecular flexibility index (Phi) is 1.30. The van der Waals surface area contributed by atoms with Gasteiger partial charge >= 0.3 is 0 Å². The van der Waals surface area contributed by atoms with Crippen LogP contribution in [0.4, 0.5) is 0 Å². The zero-order chi connectivity index (χ0) is 5.28. The van der Waals surface area contributed by atoms with Gasteiger partial charge in [-0.05, 0) is 6.54 Å². The molecule has 1 fully saturated rings. The molecule has 0 bridgehead atoms. The largest absolute Gasteiger partial charge is 0.390 e. The van der Waals surface area contributed by atoms with Crippen LogP contribution in [0.5, 0.6) is 0 Å². The van der Waals surface area contributed by atoms with E-state index in [9.17, 15) is 0 Å². The summed E-state index contributed by atoms with van der Waals surface area (Å²) in [6, 6.07) is 0. The minimum absolute atomic E-state index is 0.0278. The van der Waals surface area contributed by atoms with E-state index in [1.165, 1.54) is 0 Å². The van der Waals surface area contributed by atoms with E-state index >= 15 is 0 Å². The van der Waals surface area contributed by atoms with Crippen molar-refractivity contribution in [3.05, 3.63) is 0 Å². The highest BCUT2D eigenvalue weighted by molar-refractivity contribution is 4.76. The van der Waals surface area contributed by atoms with Crippen molar-refractivity contribution < 1.29 is 5.11 Å². The summed E-state index contributed by atoms with van der Waals surface area (Å²) in [4.78, 5) is 2.20. The van der Waals surface area contributed by atoms with E-state index < -0.39 is 0 Å². The quantitative estimate of drug-likeness (QED) is 0.489. The van der Waals surface area contributed by atoms with Crippen LogP contribution in [0.2, 0.25) is 0 Å². The standard InChI is InChI=1S/C5H11NO/c1-2-6-3-5(7)4-6/h5,7H,2-4H2,1H3. The van der Waals surface area contributed by atoms with Crippen molar-refractivity contribution in [3.8, 4) is 0 Å². The third-order valence-electron chi connectivity index (χ3n) is 1.39. The van der Waals surface area contributed by atoms with Crippen molar-refractivity contribution in [2.24, 2.45) is 0 Å². The number of aliphatic hydroxyl groups excluding tert-OH is 1. The second kappa shape index (κ2) is 1.80. The molecule has 0 aromatic rings. The average Bonchev–Trinajstić information content (AvgIpc) is 1.58. The highest BCUT2D eigenvalue weighted by atomic mass is 16.3. The molecule has 0 amide bonds. The molecule has 1 N–H and O–H groups in total. The van der Waals surface area contributed by atoms with Gasteiger partial charge in [-0.2, -0.15) is 0 Å². The molecule has 42 valence electrons. The molecule has 7 heavy (non-hydrogen) atoms. The number of hydrogen-bond acceptors (Lipinski definition) is 2. The number of aliphatic hydroxyl groups is 1. The molecule has 0 aromatic heterocycles. The fourth-order valence-corrected chi connectivity index (χ4v) is 0.801. The summed E-state index contributed by atoms with van der Waals surface area (Å²) in [6.07, 6.45) is -0.0278. The predicted molar refractivity (Wildman–Crippen MR) is 28.1 cm³/mol. The molecule has 1 aliphatic heterocycles. The van der Waals surface area contributed by atoms with E-state index in [1.807, 2.05) is 0 Å². The number of rotatable bonds is 1. The lowest BCUT2D eigenvalue weighted by Gasteiger charge is -2.34. The van der Waals surface area contributed by atoms with Gasteiger partial charge in [-0.25, -0.2) is 0 Å². The van der Waals surface area contributed by atoms with Crippen molar-refractivity contribution in [1.29, 1.82) is 0 Å². The van der Waals surface area contributed by atoms with Crippen LogP contribution >= 0.6 is 0 Å². The lowest BCUT2D eigenvalue weighted by atomic mass is 10.2. The minimum atomic E-state index is -0.0278. The summed E-state index contributed by atoms with van der Waals surface area (Å²) in [5, 5.41) is 8.71. The van der Waals surface area contributed by atoms with Gasteiger partial charge in [0.1, 0.15) is 0 Å². The molecule has 0 aliphatic carbocycles. The molecule has 0 unspecified atom stereocenters. The van der Waals surface area contributed by atoms with Gasteiger partial charge in [-0.1, -0.05) is 6.92 Å². The van der Waals surface area contributed by atoms with Crippen molar-refractivity contribution in [1.82, 2.24) is 4.90 Å². The molecule has 0 spiro atoms. The highest BCUT2D eigenvalue weighted by Crippen LogP contribution is 2.04. The SMILES string of the molecule is CCN1CC(O)C1. The smallest absolute Gasteiger partial charge is 0.0793 e. The molecule has 1 saturated heterocycles. The average molecular weight is 101 g/mol. The summed E-state index contributed by atoms with van der Waals surface area (Å²) in [5.74, 6) is 0. The highest BCUT2D eigenvalue weighted by Gasteiger charge is 2.21. The predicted octanol–water partition coefficient (Wildman–Crippen LogP) is -0.317. The van der Waals surface area contributed by atoms with Crippen LogP contribution in [-0.2, 0) is 0 Å². The van der Waals surface area contributed by atoms with E-state index in [0.29, 0.717) is 0 Å². The van der Waals surface area contributed by atoms with Crippen LogP contribution in [0.1, 0.15) is 6.92 Å². The first-order valence-corrected chi connectivity index (χ1v) is 2.73. The molecule has 0 atom stereocenters. The summed E-state index contributed by atoms with van der Waals surface area (Å²) >= 11 is 0. The van der Waals surface area contributed by atoms with Crippen LogP contribution in [0.15, 0.2) is 0 Å². The van der Waals surface area contributed by atoms with Crippen LogP contribution in [0.25, 0.3) is 0 Å². The molecular formula is C5H11NO. The summed E-state index contributed by atoms with van der Waals surface area (Å²) in [5.41, 5.74) is 0. The summed E-state index contributed by atoms with van der Waals surface area (Å²) < 4.78 is 0. The Morgan fingerprint density at radius 3 is 2.43 bits per heavy atom. The Morgan fingerprint density at radius 1 is 1.71 bits per heavy atom. The lowest BCUT2D eigenvalue weighted by Crippen LogP contribution is -2.50. The van der Waals surface area contributed by atoms with E-state index in [4.69, 9.17) is 5.11 Å². The molecule has 2 heteroatoms. The van der Waals surface area contributed by atoms with Gasteiger partial charge in [0.2, 0.25) is 0 Å². The maximum absolute atomic E-state index is 8.71. The molecule has 1 aliphatic rings. The zero-order valence-corrected chi connectivity index (χ0v) is 4.59. The number of likely N-dealkylation sites (N-methyl/N-ethyl adjacent to an activating group) is 1. The van der Waals surface area contributed by atoms with Gasteiger partial charge in [-0.3, -0.25) is 4.90 Å². The van der Waals surface area contributed by atoms with Crippen LogP contribution in [0.3, 0.4) is 0 Å². The fourth-order valence-electron chi connectivity index (χ4n) is 0.801. The van der Waals surface area contributed by atoms with Crippen LogP contribution in [0, 0.1) is 0 Å². The third-order valence-corrected chi connectivity index (χ3v) is 1.39. The molecule has 0 aromatic carbocycles. The normalized spacial score (nSPS) is 24.9. The number of likely N-dealkylation sites (tertiary alicyclic amines) is 1. The van der Waals surface area contributed by atoms with E-state index in [0.717, 1.165) is 19.6 Å². The second-order valence-electron chi connectivity index (χ2n) is 2.01. The Hall–Kier alpha value is -0.0800. The molecule has 0 saturated carbocycles. The lowest BCUT2D eigenvalue weighted by molar-refractivity contribution is 0.00578. The maximum Gasteiger partial charge on any atom is 0.0793 e. The Balaban J connectivity index is 2.06. The van der Waals surface area contributed by atoms with Crippen LogP contribution < -0.4 is 0 Å². The molecule has 0 radical (unpaired) electrons. The minimum Gasteiger partial charge on any atom is -0.390 e. The fraction of sp³-hybridized carbons (Fsp3) is 1.00. The molecule has 2 nitrogen and oxygen atoms in total. The van der Waals surface area contributed by atoms with E-state index in [2.05, 4.69) is 11.8 Å². The first-order chi connectivity index (χ1) is 3.33. The Bertz CT molecular complexity index is 59.1. The Labute approximate surface area is 43.7 Å². The molecular weight excluding hydrogens is 90.1 g/mol. The topological polar surface area (TPSA) is 23.5 Å². The van der Waals surface area contributed by atoms with Crippen LogP contribution in [-0.4, -0.2) is 35.7 Å². The summed E-state index contributed by atoms with van der Waals surface area (Å²) in [7, 11) is 0. The van der Waals surface area contributed by atoms with Gasteiger partial charge in [0.25, 0.3) is 0 Å². The molecule has 1 heterocycles. The van der Waals surface area contributed by atoms with Gasteiger partial charge in [0.05, 0.1) is 6.10 Å². The zero-order valence-electron chi connectivity index (χ0n) is 4.59. The maximum atomic E-state index is 8.71. The van der Waals surface area contributed by atoms with E-state index in [-0.39, 0.29) is 6.10 Å². The van der Waals surface area contributed by atoms with E-state index in [1.54, 1.807) is 0 Å². The summed E-state index contributed by atoms with van der Waals surface area (Å²) in [6.45, 7) is 4.95. The first-order valence-electron chi connectivity index (χ1n) is 2.73. The molecule has 1 rings (SSSR count). The number of β-amino-alcohol motifs (C(OH)–C–C–N with tert-alkyl or cyclic N) is 1. The van der Waals surface area contributed by atoms with Crippen molar-refractivity contribution in [2.45, 2.75) is 13.0 Å². The Morgan fingerprint density at radius 2 is 2.29 bits per heavy atom. The first kappa shape index (κ1) is 5.06. The van der Waals surface area contributed by atoms with Crippen molar-refractivity contribution in [2.75, 3.05) is 19.6 Å². The monoisotopic (exact) mass is 101 g/mol. The third kappa shape index (κ3) is 0.924. The van der Waals surface area contributed by atoms with Crippen molar-refractivity contribution >= 4 is 0 Å². The van der Waals surface area contributed by atoms with Gasteiger partial charge < -0.3 is 5.11 Å². The number of nitrogens with zero attached hydrogens (tertiary/aromatic N) is 1. The van der Waals surface area contributed by atoms with Gasteiger partial charge in [0, 0.05) is 13.1 Å². The van der Waals surface area contributed by atoms with Gasteiger partial charge in [0.15, 0.2) is 0 Å².